The van der Waals surface area contributed by atoms with Crippen LogP contribution in [0, 0.1) is 5.41 Å². The average molecular weight is 526 g/mol. The molecule has 8 heteroatoms. The molecule has 0 saturated heterocycles. The Labute approximate surface area is 229 Å². The number of nitrogens with two attached hydrogens (primary N) is 2. The molecule has 210 valence electrons. The summed E-state index contributed by atoms with van der Waals surface area (Å²) in [5.74, 6) is 5.86. The van der Waals surface area contributed by atoms with Crippen molar-refractivity contribution < 1.29 is 14.3 Å². The minimum Gasteiger partial charge on any atom is -0.396 e. The van der Waals surface area contributed by atoms with Crippen LogP contribution in [0.2, 0.25) is 0 Å². The molecular weight excluding hydrogens is 478 g/mol. The molecule has 0 aromatic heterocycles. The number of benzene rings is 2. The number of hydrogen-bond acceptors (Lipinski definition) is 6. The molecule has 38 heavy (non-hydrogen) atoms. The van der Waals surface area contributed by atoms with E-state index in [0.29, 0.717) is 41.6 Å². The number of rotatable bonds is 7. The molecule has 8 nitrogen and oxygen atoms in total. The third kappa shape index (κ3) is 9.84. The number of carbonyl (C=O) groups is 2. The van der Waals surface area contributed by atoms with Gasteiger partial charge >= 0.3 is 0 Å². The van der Waals surface area contributed by atoms with Crippen LogP contribution < -0.4 is 21.8 Å². The van der Waals surface area contributed by atoms with E-state index < -0.39 is 0 Å². The number of nitrogens with zero attached hydrogens (tertiary/aromatic N) is 2. The number of nitrogens with one attached hydrogen (secondary N) is 1. The van der Waals surface area contributed by atoms with E-state index in [1.54, 1.807) is 11.9 Å². The maximum atomic E-state index is 12.8. The van der Waals surface area contributed by atoms with E-state index in [-0.39, 0.29) is 12.5 Å². The number of fused-ring (bicyclic) bond motifs is 2. The molecular formula is C30H47N5O3. The molecule has 0 bridgehead atoms. The SMILES string of the molecule is CC.CC(C)OCCC(C)(C)C.CN(N)/C1=C(\N)c2ccccc2CN(C(=O)CNC=O)c2ccccc21. The fourth-order valence-electron chi connectivity index (χ4n) is 3.79. The second-order valence-corrected chi connectivity index (χ2v) is 10.3. The van der Waals surface area contributed by atoms with Crippen LogP contribution in [0.3, 0.4) is 0 Å². The predicted octanol–water partition coefficient (Wildman–Crippen LogP) is 4.74. The monoisotopic (exact) mass is 525 g/mol. The number of carbonyl (C=O) groups excluding carboxylic acids is 2. The van der Waals surface area contributed by atoms with Crippen LogP contribution in [-0.4, -0.2) is 43.6 Å². The van der Waals surface area contributed by atoms with E-state index in [1.165, 1.54) is 5.01 Å². The number of ether oxygens (including phenoxy) is 1. The molecule has 1 heterocycles. The highest BCUT2D eigenvalue weighted by atomic mass is 16.5. The molecule has 0 fully saturated rings. The summed E-state index contributed by atoms with van der Waals surface area (Å²) in [7, 11) is 1.71. The van der Waals surface area contributed by atoms with Gasteiger partial charge in [0.15, 0.2) is 0 Å². The van der Waals surface area contributed by atoms with Gasteiger partial charge in [-0.3, -0.25) is 9.59 Å². The molecule has 0 unspecified atom stereocenters. The first-order valence-electron chi connectivity index (χ1n) is 13.2. The quantitative estimate of drug-likeness (QED) is 0.273. The van der Waals surface area contributed by atoms with Crippen molar-refractivity contribution in [2.45, 2.75) is 67.5 Å². The highest BCUT2D eigenvalue weighted by Gasteiger charge is 2.26. The zero-order valence-corrected chi connectivity index (χ0v) is 24.4. The second-order valence-electron chi connectivity index (χ2n) is 10.3. The summed E-state index contributed by atoms with van der Waals surface area (Å²) in [5.41, 5.74) is 11.2. The summed E-state index contributed by atoms with van der Waals surface area (Å²) < 4.78 is 5.42. The average Bonchev–Trinajstić information content (AvgIpc) is 2.86. The molecule has 0 saturated carbocycles. The Balaban J connectivity index is 0.000000510. The van der Waals surface area contributed by atoms with Gasteiger partial charge in [-0.1, -0.05) is 77.1 Å². The molecule has 2 aromatic rings. The van der Waals surface area contributed by atoms with Crippen LogP contribution in [0.5, 0.6) is 0 Å². The van der Waals surface area contributed by atoms with Crippen molar-refractivity contribution in [2.75, 3.05) is 25.1 Å². The molecule has 0 spiro atoms. The minimum absolute atomic E-state index is 0.0903. The van der Waals surface area contributed by atoms with Crippen LogP contribution in [-0.2, 0) is 20.9 Å². The van der Waals surface area contributed by atoms with E-state index in [1.807, 2.05) is 62.4 Å². The molecule has 1 aliphatic heterocycles. The lowest BCUT2D eigenvalue weighted by Crippen LogP contribution is -2.39. The zero-order chi connectivity index (χ0) is 28.9. The fourth-order valence-corrected chi connectivity index (χ4v) is 3.79. The molecule has 1 aliphatic rings. The van der Waals surface area contributed by atoms with Gasteiger partial charge in [-0.25, -0.2) is 5.84 Å². The highest BCUT2D eigenvalue weighted by Crippen LogP contribution is 2.36. The molecule has 3 rings (SSSR count). The number of amides is 2. The van der Waals surface area contributed by atoms with E-state index in [0.717, 1.165) is 29.7 Å². The molecule has 0 radical (unpaired) electrons. The van der Waals surface area contributed by atoms with Crippen LogP contribution in [0.1, 0.15) is 71.6 Å². The topological polar surface area (TPSA) is 114 Å². The lowest BCUT2D eigenvalue weighted by molar-refractivity contribution is -0.120. The van der Waals surface area contributed by atoms with E-state index >= 15 is 0 Å². The van der Waals surface area contributed by atoms with Gasteiger partial charge in [0.25, 0.3) is 0 Å². The van der Waals surface area contributed by atoms with Crippen molar-refractivity contribution in [1.29, 1.82) is 0 Å². The van der Waals surface area contributed by atoms with E-state index in [4.69, 9.17) is 16.3 Å². The summed E-state index contributed by atoms with van der Waals surface area (Å²) in [4.78, 5) is 25.0. The molecule has 2 amide bonds. The molecule has 5 N–H and O–H groups in total. The largest absolute Gasteiger partial charge is 0.396 e. The third-order valence-electron chi connectivity index (χ3n) is 5.63. The summed E-state index contributed by atoms with van der Waals surface area (Å²) >= 11 is 0. The van der Waals surface area contributed by atoms with Crippen LogP contribution in [0.15, 0.2) is 48.5 Å². The van der Waals surface area contributed by atoms with Crippen molar-refractivity contribution in [3.8, 4) is 0 Å². The summed E-state index contributed by atoms with van der Waals surface area (Å²) in [6, 6.07) is 15.1. The van der Waals surface area contributed by atoms with Crippen molar-refractivity contribution in [2.24, 2.45) is 17.0 Å². The Morgan fingerprint density at radius 3 is 2.24 bits per heavy atom. The summed E-state index contributed by atoms with van der Waals surface area (Å²) in [6.07, 6.45) is 2.03. The van der Waals surface area contributed by atoms with Gasteiger partial charge in [0.1, 0.15) is 0 Å². The van der Waals surface area contributed by atoms with Gasteiger partial charge in [-0.05, 0) is 37.3 Å². The van der Waals surface area contributed by atoms with Gasteiger partial charge in [0.05, 0.1) is 36.3 Å². The first kappa shape index (κ1) is 32.7. The van der Waals surface area contributed by atoms with Crippen molar-refractivity contribution >= 4 is 29.4 Å². The Kier molecular flexibility index (Phi) is 13.6. The summed E-state index contributed by atoms with van der Waals surface area (Å²) in [6.45, 7) is 16.0. The van der Waals surface area contributed by atoms with E-state index in [2.05, 4.69) is 39.9 Å². The smallest absolute Gasteiger partial charge is 0.246 e. The lowest BCUT2D eigenvalue weighted by Gasteiger charge is -2.32. The Bertz CT molecular complexity index is 1060. The number of hydrogen-bond donors (Lipinski definition) is 3. The van der Waals surface area contributed by atoms with Crippen LogP contribution >= 0.6 is 0 Å². The van der Waals surface area contributed by atoms with Crippen LogP contribution in [0.4, 0.5) is 5.69 Å². The first-order chi connectivity index (χ1) is 18.0. The second kappa shape index (κ2) is 15.8. The Morgan fingerprint density at radius 2 is 1.68 bits per heavy atom. The highest BCUT2D eigenvalue weighted by molar-refractivity contribution is 6.02. The minimum atomic E-state index is -0.223. The van der Waals surface area contributed by atoms with Crippen molar-refractivity contribution in [3.63, 3.8) is 0 Å². The van der Waals surface area contributed by atoms with Gasteiger partial charge in [0, 0.05) is 24.8 Å². The number of anilines is 1. The Morgan fingerprint density at radius 1 is 1.11 bits per heavy atom. The first-order valence-corrected chi connectivity index (χ1v) is 13.2. The van der Waals surface area contributed by atoms with Gasteiger partial charge in [0.2, 0.25) is 12.3 Å². The molecule has 0 atom stereocenters. The van der Waals surface area contributed by atoms with E-state index in [9.17, 15) is 9.59 Å². The number of hydrazine groups is 1. The van der Waals surface area contributed by atoms with Crippen molar-refractivity contribution in [3.05, 3.63) is 65.2 Å². The molecule has 0 aliphatic carbocycles. The van der Waals surface area contributed by atoms with Crippen LogP contribution in [0.25, 0.3) is 11.4 Å². The van der Waals surface area contributed by atoms with Gasteiger partial charge in [-0.15, -0.1) is 0 Å². The maximum Gasteiger partial charge on any atom is 0.246 e. The molecule has 2 aromatic carbocycles. The predicted molar refractivity (Wildman–Crippen MR) is 158 cm³/mol. The maximum absolute atomic E-state index is 12.8. The zero-order valence-electron chi connectivity index (χ0n) is 24.4. The Hall–Kier alpha value is -3.36. The van der Waals surface area contributed by atoms with Gasteiger partial charge < -0.3 is 25.7 Å². The number of para-hydroxylation sites is 1. The normalized spacial score (nSPS) is 14.4. The third-order valence-corrected chi connectivity index (χ3v) is 5.63. The summed E-state index contributed by atoms with van der Waals surface area (Å²) in [5, 5.41) is 3.90. The standard InChI is InChI=1S/C19H21N5O2.C9H20O.C2H6/c1-23(21)19-15-8-4-5-9-16(15)24(17(26)10-22-12-25)11-13-6-2-3-7-14(13)18(19)20;1-8(2)10-7-6-9(3,4)5;1-2/h2-9,12H,10-11,20-21H2,1H3,(H,22,25);8H,6-7H2,1-5H3;1-2H3/b19-18-;;. The fraction of sp³-hybridized carbons (Fsp3) is 0.467. The van der Waals surface area contributed by atoms with Crippen molar-refractivity contribution in [1.82, 2.24) is 10.3 Å². The van der Waals surface area contributed by atoms with Gasteiger partial charge in [-0.2, -0.15) is 0 Å². The lowest BCUT2D eigenvalue weighted by atomic mass is 9.93.